The number of nitrogens with two attached hydrogens (primary N) is 1. The van der Waals surface area contributed by atoms with Crippen molar-refractivity contribution >= 4 is 15.9 Å². The smallest absolute Gasteiger partial charge is 0.265 e. The molecule has 1 rings (SSSR count). The Labute approximate surface area is 131 Å². The van der Waals surface area contributed by atoms with Gasteiger partial charge in [-0.15, -0.1) is 0 Å². The van der Waals surface area contributed by atoms with Gasteiger partial charge in [-0.05, 0) is 18.9 Å². The minimum atomic E-state index is -3.91. The Hall–Kier alpha value is -1.85. The number of primary amides is 1. The standard InChI is InChI=1S/C14H22N4O3S/c1-4-6-14(10-15,7-5-2)17-22(20,21)11-8-12(13(16)19)18(3)9-11/h8-9,17H,4-7H2,1-3H3,(H2,16,19). The Morgan fingerprint density at radius 2 is 1.95 bits per heavy atom. The van der Waals surface area contributed by atoms with Gasteiger partial charge >= 0.3 is 0 Å². The number of aromatic nitrogens is 1. The number of hydrogen-bond acceptors (Lipinski definition) is 4. The maximum Gasteiger partial charge on any atom is 0.265 e. The van der Waals surface area contributed by atoms with Crippen LogP contribution in [-0.2, 0) is 17.1 Å². The minimum absolute atomic E-state index is 0.0735. The van der Waals surface area contributed by atoms with Crippen molar-refractivity contribution in [1.82, 2.24) is 9.29 Å². The van der Waals surface area contributed by atoms with Crippen molar-refractivity contribution in [2.45, 2.75) is 50.0 Å². The molecular weight excluding hydrogens is 304 g/mol. The monoisotopic (exact) mass is 326 g/mol. The molecule has 1 amide bonds. The van der Waals surface area contributed by atoms with E-state index in [1.54, 1.807) is 0 Å². The molecule has 22 heavy (non-hydrogen) atoms. The fraction of sp³-hybridized carbons (Fsp3) is 0.571. The highest BCUT2D eigenvalue weighted by Crippen LogP contribution is 2.23. The average Bonchev–Trinajstić information content (AvgIpc) is 2.82. The molecule has 8 heteroatoms. The molecule has 0 radical (unpaired) electrons. The number of carbonyl (C=O) groups excluding carboxylic acids is 1. The highest BCUT2D eigenvalue weighted by atomic mass is 32.2. The molecule has 0 fully saturated rings. The maximum atomic E-state index is 12.5. The van der Waals surface area contributed by atoms with Crippen LogP contribution < -0.4 is 10.5 Å². The Morgan fingerprint density at radius 1 is 1.41 bits per heavy atom. The molecule has 0 saturated heterocycles. The van der Waals surface area contributed by atoms with Gasteiger partial charge < -0.3 is 10.3 Å². The number of carbonyl (C=O) groups is 1. The molecular formula is C14H22N4O3S. The minimum Gasteiger partial charge on any atom is -0.364 e. The maximum absolute atomic E-state index is 12.5. The third-order valence-electron chi connectivity index (χ3n) is 3.44. The molecule has 0 unspecified atom stereocenters. The quantitative estimate of drug-likeness (QED) is 0.747. The fourth-order valence-corrected chi connectivity index (χ4v) is 3.90. The first kappa shape index (κ1) is 18.2. The van der Waals surface area contributed by atoms with Gasteiger partial charge in [-0.1, -0.05) is 26.7 Å². The van der Waals surface area contributed by atoms with Crippen LogP contribution in [0.15, 0.2) is 17.2 Å². The molecule has 1 aromatic rings. The Morgan fingerprint density at radius 3 is 2.32 bits per heavy atom. The molecule has 1 aromatic heterocycles. The highest BCUT2D eigenvalue weighted by Gasteiger charge is 2.34. The normalized spacial score (nSPS) is 12.1. The Kier molecular flexibility index (Phi) is 5.74. The van der Waals surface area contributed by atoms with E-state index in [1.165, 1.54) is 23.9 Å². The first-order valence-electron chi connectivity index (χ1n) is 7.12. The number of sulfonamides is 1. The molecule has 0 aliphatic carbocycles. The van der Waals surface area contributed by atoms with Crippen molar-refractivity contribution in [2.75, 3.05) is 0 Å². The molecule has 0 aliphatic rings. The van der Waals surface area contributed by atoms with Crippen molar-refractivity contribution in [3.8, 4) is 6.07 Å². The second-order valence-corrected chi connectivity index (χ2v) is 7.02. The lowest BCUT2D eigenvalue weighted by Crippen LogP contribution is -2.47. The van der Waals surface area contributed by atoms with Crippen LogP contribution in [0.5, 0.6) is 0 Å². The largest absolute Gasteiger partial charge is 0.364 e. The van der Waals surface area contributed by atoms with Crippen molar-refractivity contribution in [3.63, 3.8) is 0 Å². The van der Waals surface area contributed by atoms with Crippen LogP contribution in [0.2, 0.25) is 0 Å². The predicted molar refractivity (Wildman–Crippen MR) is 82.4 cm³/mol. The van der Waals surface area contributed by atoms with Gasteiger partial charge in [-0.3, -0.25) is 4.79 Å². The van der Waals surface area contributed by atoms with Crippen LogP contribution in [0.1, 0.15) is 50.0 Å². The van der Waals surface area contributed by atoms with Crippen molar-refractivity contribution in [3.05, 3.63) is 18.0 Å². The van der Waals surface area contributed by atoms with Crippen LogP contribution in [0.25, 0.3) is 0 Å². The van der Waals surface area contributed by atoms with Gasteiger partial charge in [0.15, 0.2) is 0 Å². The zero-order valence-electron chi connectivity index (χ0n) is 13.1. The molecule has 122 valence electrons. The van der Waals surface area contributed by atoms with Gasteiger partial charge in [0.25, 0.3) is 5.91 Å². The molecule has 0 aliphatic heterocycles. The average molecular weight is 326 g/mol. The summed E-state index contributed by atoms with van der Waals surface area (Å²) in [4.78, 5) is 11.2. The van der Waals surface area contributed by atoms with E-state index in [-0.39, 0.29) is 10.6 Å². The number of nitrogens with zero attached hydrogens (tertiary/aromatic N) is 2. The van der Waals surface area contributed by atoms with Gasteiger partial charge in [-0.2, -0.15) is 9.98 Å². The number of hydrogen-bond donors (Lipinski definition) is 2. The molecule has 0 saturated carbocycles. The molecule has 0 bridgehead atoms. The Bertz CT molecular complexity index is 679. The van der Waals surface area contributed by atoms with Gasteiger partial charge in [-0.25, -0.2) is 8.42 Å². The van der Waals surface area contributed by atoms with E-state index in [4.69, 9.17) is 5.73 Å². The van der Waals surface area contributed by atoms with E-state index in [1.807, 2.05) is 13.8 Å². The van der Waals surface area contributed by atoms with E-state index in [0.29, 0.717) is 25.7 Å². The zero-order chi connectivity index (χ0) is 17.0. The summed E-state index contributed by atoms with van der Waals surface area (Å²) in [5, 5.41) is 9.44. The number of nitriles is 1. The second-order valence-electron chi connectivity index (χ2n) is 5.34. The molecule has 7 nitrogen and oxygen atoms in total. The van der Waals surface area contributed by atoms with E-state index in [0.717, 1.165) is 0 Å². The van der Waals surface area contributed by atoms with E-state index in [9.17, 15) is 18.5 Å². The van der Waals surface area contributed by atoms with Crippen molar-refractivity contribution in [2.24, 2.45) is 12.8 Å². The number of amides is 1. The molecule has 0 spiro atoms. The summed E-state index contributed by atoms with van der Waals surface area (Å²) in [5.74, 6) is -0.711. The summed E-state index contributed by atoms with van der Waals surface area (Å²) in [6.07, 6.45) is 3.51. The van der Waals surface area contributed by atoms with Gasteiger partial charge in [0.2, 0.25) is 10.0 Å². The summed E-state index contributed by atoms with van der Waals surface area (Å²) >= 11 is 0. The highest BCUT2D eigenvalue weighted by molar-refractivity contribution is 7.89. The number of rotatable bonds is 8. The molecule has 3 N–H and O–H groups in total. The fourth-order valence-electron chi connectivity index (χ4n) is 2.46. The first-order valence-corrected chi connectivity index (χ1v) is 8.61. The number of nitrogens with one attached hydrogen (secondary N) is 1. The van der Waals surface area contributed by atoms with E-state index in [2.05, 4.69) is 10.8 Å². The topological polar surface area (TPSA) is 118 Å². The number of aryl methyl sites for hydroxylation is 1. The second kappa shape index (κ2) is 6.94. The van der Waals surface area contributed by atoms with E-state index < -0.39 is 21.5 Å². The first-order chi connectivity index (χ1) is 10.2. The lowest BCUT2D eigenvalue weighted by Gasteiger charge is -2.26. The zero-order valence-corrected chi connectivity index (χ0v) is 13.9. The van der Waals surface area contributed by atoms with Crippen LogP contribution in [0.3, 0.4) is 0 Å². The summed E-state index contributed by atoms with van der Waals surface area (Å²) in [5.41, 5.74) is 4.15. The molecule has 1 heterocycles. The third-order valence-corrected chi connectivity index (χ3v) is 4.94. The van der Waals surface area contributed by atoms with Crippen LogP contribution in [-0.4, -0.2) is 24.4 Å². The molecule has 0 aromatic carbocycles. The Balaban J connectivity index is 3.21. The summed E-state index contributed by atoms with van der Waals surface area (Å²) in [6.45, 7) is 3.79. The summed E-state index contributed by atoms with van der Waals surface area (Å²) < 4.78 is 28.9. The van der Waals surface area contributed by atoms with E-state index >= 15 is 0 Å². The predicted octanol–water partition coefficient (Wildman–Crippen LogP) is 1.26. The van der Waals surface area contributed by atoms with Crippen molar-refractivity contribution < 1.29 is 13.2 Å². The molecule has 0 atom stereocenters. The van der Waals surface area contributed by atoms with Gasteiger partial charge in [0.1, 0.15) is 16.1 Å². The summed E-state index contributed by atoms with van der Waals surface area (Å²) in [7, 11) is -2.37. The van der Waals surface area contributed by atoms with Crippen molar-refractivity contribution in [1.29, 1.82) is 5.26 Å². The van der Waals surface area contributed by atoms with Crippen LogP contribution in [0, 0.1) is 11.3 Å². The van der Waals surface area contributed by atoms with Gasteiger partial charge in [0.05, 0.1) is 6.07 Å². The lowest BCUT2D eigenvalue weighted by molar-refractivity contribution is 0.0992. The van der Waals surface area contributed by atoms with Crippen LogP contribution in [0.4, 0.5) is 0 Å². The lowest BCUT2D eigenvalue weighted by atomic mass is 9.92. The third kappa shape index (κ3) is 3.87. The summed E-state index contributed by atoms with van der Waals surface area (Å²) in [6, 6.07) is 3.31. The van der Waals surface area contributed by atoms with Gasteiger partial charge in [0, 0.05) is 13.2 Å². The van der Waals surface area contributed by atoms with Crippen LogP contribution >= 0.6 is 0 Å². The SMILES string of the molecule is CCCC(C#N)(CCC)NS(=O)(=O)c1cc(C(N)=O)n(C)c1.